The predicted octanol–water partition coefficient (Wildman–Crippen LogP) is 3.77. The van der Waals surface area contributed by atoms with Crippen LogP contribution in [0.3, 0.4) is 0 Å². The Kier molecular flexibility index (Phi) is 4.82. The first kappa shape index (κ1) is 16.3. The second-order valence-electron chi connectivity index (χ2n) is 5.17. The number of nitriles is 1. The lowest BCUT2D eigenvalue weighted by molar-refractivity contribution is 0.101. The topological polar surface area (TPSA) is 68.6 Å². The van der Waals surface area contributed by atoms with Crippen molar-refractivity contribution in [3.63, 3.8) is 0 Å². The van der Waals surface area contributed by atoms with Gasteiger partial charge in [0.25, 0.3) is 0 Å². The quantitative estimate of drug-likeness (QED) is 0.779. The summed E-state index contributed by atoms with van der Waals surface area (Å²) in [5.41, 5.74) is 1.37. The molecule has 0 aliphatic carbocycles. The molecule has 3 rings (SSSR count). The van der Waals surface area contributed by atoms with E-state index in [1.54, 1.807) is 37.5 Å². The second kappa shape index (κ2) is 7.37. The fourth-order valence-corrected chi connectivity index (χ4v) is 2.43. The van der Waals surface area contributed by atoms with Crippen molar-refractivity contribution < 1.29 is 19.0 Å². The zero-order chi connectivity index (χ0) is 17.6. The Morgan fingerprint density at radius 2 is 2.08 bits per heavy atom. The van der Waals surface area contributed by atoms with Crippen molar-refractivity contribution in [1.82, 2.24) is 0 Å². The highest BCUT2D eigenvalue weighted by molar-refractivity contribution is 6.12. The third-order valence-electron chi connectivity index (χ3n) is 3.61. The van der Waals surface area contributed by atoms with Gasteiger partial charge in [0.2, 0.25) is 5.78 Å². The number of nitrogens with zero attached hydrogens (tertiary/aromatic N) is 1. The smallest absolute Gasteiger partial charge is 0.231 e. The Labute approximate surface area is 145 Å². The van der Waals surface area contributed by atoms with Gasteiger partial charge in [0.15, 0.2) is 12.4 Å². The maximum Gasteiger partial charge on any atom is 0.231 e. The summed E-state index contributed by atoms with van der Waals surface area (Å²) in [5, 5.41) is 8.55. The zero-order valence-electron chi connectivity index (χ0n) is 13.6. The molecule has 0 saturated heterocycles. The molecule has 0 N–H and O–H groups in total. The number of ketones is 1. The number of carbonyl (C=O) groups excluding carboxylic acids is 1. The summed E-state index contributed by atoms with van der Waals surface area (Å²) in [5.74, 6) is 1.71. The fraction of sp³-hybridized carbons (Fsp3) is 0.100. The van der Waals surface area contributed by atoms with Gasteiger partial charge in [-0.3, -0.25) is 4.79 Å². The van der Waals surface area contributed by atoms with Gasteiger partial charge in [-0.2, -0.15) is 5.26 Å². The molecule has 2 aromatic carbocycles. The van der Waals surface area contributed by atoms with Crippen LogP contribution in [0.5, 0.6) is 17.2 Å². The molecule has 1 aliphatic heterocycles. The van der Waals surface area contributed by atoms with Crippen LogP contribution in [0.4, 0.5) is 0 Å². The Morgan fingerprint density at radius 1 is 1.24 bits per heavy atom. The van der Waals surface area contributed by atoms with Crippen molar-refractivity contribution >= 4 is 11.9 Å². The molecule has 1 aliphatic rings. The Balaban J connectivity index is 1.78. The number of carbonyl (C=O) groups is 1. The summed E-state index contributed by atoms with van der Waals surface area (Å²) in [4.78, 5) is 12.3. The molecule has 0 aromatic heterocycles. The van der Waals surface area contributed by atoms with E-state index in [0.29, 0.717) is 17.1 Å². The van der Waals surface area contributed by atoms with E-state index in [9.17, 15) is 4.79 Å². The summed E-state index contributed by atoms with van der Waals surface area (Å²) in [6.45, 7) is -0.0585. The van der Waals surface area contributed by atoms with E-state index >= 15 is 0 Å². The van der Waals surface area contributed by atoms with E-state index in [1.807, 2.05) is 36.4 Å². The molecule has 0 saturated carbocycles. The monoisotopic (exact) mass is 333 g/mol. The molecule has 0 spiro atoms. The van der Waals surface area contributed by atoms with Crippen molar-refractivity contribution in [2.75, 3.05) is 13.7 Å². The summed E-state index contributed by atoms with van der Waals surface area (Å²) in [6.07, 6.45) is 5.20. The first-order valence-electron chi connectivity index (χ1n) is 7.60. The maximum absolute atomic E-state index is 12.3. The Bertz CT molecular complexity index is 906. The minimum atomic E-state index is -0.188. The van der Waals surface area contributed by atoms with Crippen LogP contribution in [-0.4, -0.2) is 19.5 Å². The number of Topliss-reactive ketones (excluding diaryl/α,β-unsaturated/α-hetero) is 1. The standard InChI is InChI=1S/C20H15NO4/c1-23-17-7-3-2-5-14(17)6-4-8-18-20(22)16-10-9-15(24-12-11-21)13-19(16)25-18/h2-10,13H,12H2,1H3. The third kappa shape index (κ3) is 3.54. The molecular weight excluding hydrogens is 318 g/mol. The van der Waals surface area contributed by atoms with Crippen LogP contribution in [0.1, 0.15) is 15.9 Å². The number of ether oxygens (including phenoxy) is 3. The molecule has 5 heteroatoms. The molecule has 2 aromatic rings. The molecule has 0 bridgehead atoms. The largest absolute Gasteiger partial charge is 0.496 e. The molecule has 124 valence electrons. The highest BCUT2D eigenvalue weighted by Crippen LogP contribution is 2.34. The first-order valence-corrected chi connectivity index (χ1v) is 7.60. The summed E-state index contributed by atoms with van der Waals surface area (Å²) in [6, 6.07) is 14.4. The van der Waals surface area contributed by atoms with Crippen LogP contribution in [0.15, 0.2) is 60.4 Å². The molecule has 0 radical (unpaired) electrons. The van der Waals surface area contributed by atoms with Crippen LogP contribution < -0.4 is 14.2 Å². The SMILES string of the molecule is COc1ccccc1C=CC=C1Oc2cc(OCC#N)ccc2C1=O. The fourth-order valence-electron chi connectivity index (χ4n) is 2.43. The van der Waals surface area contributed by atoms with Crippen LogP contribution in [0, 0.1) is 11.3 Å². The zero-order valence-corrected chi connectivity index (χ0v) is 13.6. The minimum Gasteiger partial charge on any atom is -0.496 e. The van der Waals surface area contributed by atoms with Crippen molar-refractivity contribution in [3.8, 4) is 23.3 Å². The molecule has 0 amide bonds. The lowest BCUT2D eigenvalue weighted by atomic mass is 10.1. The van der Waals surface area contributed by atoms with Crippen LogP contribution in [0.2, 0.25) is 0 Å². The average Bonchev–Trinajstić information content (AvgIpc) is 2.95. The number of hydrogen-bond acceptors (Lipinski definition) is 5. The second-order valence-corrected chi connectivity index (χ2v) is 5.17. The lowest BCUT2D eigenvalue weighted by Crippen LogP contribution is -1.97. The number of para-hydroxylation sites is 1. The summed E-state index contributed by atoms with van der Waals surface area (Å²) < 4.78 is 16.1. The summed E-state index contributed by atoms with van der Waals surface area (Å²) >= 11 is 0. The van der Waals surface area contributed by atoms with E-state index < -0.39 is 0 Å². The molecule has 25 heavy (non-hydrogen) atoms. The highest BCUT2D eigenvalue weighted by atomic mass is 16.5. The summed E-state index contributed by atoms with van der Waals surface area (Å²) in [7, 11) is 1.61. The third-order valence-corrected chi connectivity index (χ3v) is 3.61. The van der Waals surface area contributed by atoms with Crippen LogP contribution in [-0.2, 0) is 0 Å². The van der Waals surface area contributed by atoms with Gasteiger partial charge in [-0.15, -0.1) is 0 Å². The van der Waals surface area contributed by atoms with Gasteiger partial charge in [-0.25, -0.2) is 0 Å². The van der Waals surface area contributed by atoms with Crippen molar-refractivity contribution in [1.29, 1.82) is 5.26 Å². The van der Waals surface area contributed by atoms with Crippen LogP contribution >= 0.6 is 0 Å². The average molecular weight is 333 g/mol. The van der Waals surface area contributed by atoms with Crippen molar-refractivity contribution in [2.45, 2.75) is 0 Å². The van der Waals surface area contributed by atoms with Gasteiger partial charge in [0.1, 0.15) is 23.3 Å². The van der Waals surface area contributed by atoms with E-state index in [1.165, 1.54) is 0 Å². The van der Waals surface area contributed by atoms with E-state index in [4.69, 9.17) is 19.5 Å². The number of rotatable bonds is 5. The molecular formula is C20H15NO4. The number of allylic oxidation sites excluding steroid dienone is 3. The molecule has 1 heterocycles. The number of fused-ring (bicyclic) bond motifs is 1. The molecule has 5 nitrogen and oxygen atoms in total. The van der Waals surface area contributed by atoms with Gasteiger partial charge in [-0.1, -0.05) is 30.4 Å². The molecule has 0 atom stereocenters. The van der Waals surface area contributed by atoms with Gasteiger partial charge in [-0.05, 0) is 24.3 Å². The number of hydrogen-bond donors (Lipinski definition) is 0. The lowest BCUT2D eigenvalue weighted by Gasteiger charge is -2.03. The highest BCUT2D eigenvalue weighted by Gasteiger charge is 2.27. The molecule has 0 unspecified atom stereocenters. The van der Waals surface area contributed by atoms with E-state index in [-0.39, 0.29) is 18.1 Å². The van der Waals surface area contributed by atoms with Crippen molar-refractivity contribution in [2.24, 2.45) is 0 Å². The Morgan fingerprint density at radius 3 is 2.88 bits per heavy atom. The van der Waals surface area contributed by atoms with Gasteiger partial charge >= 0.3 is 0 Å². The van der Waals surface area contributed by atoms with Crippen molar-refractivity contribution in [3.05, 3.63) is 71.5 Å². The number of benzene rings is 2. The maximum atomic E-state index is 12.3. The van der Waals surface area contributed by atoms with Gasteiger partial charge in [0.05, 0.1) is 12.7 Å². The van der Waals surface area contributed by atoms with E-state index in [0.717, 1.165) is 11.3 Å². The first-order chi connectivity index (χ1) is 12.2. The number of methoxy groups -OCH3 is 1. The van der Waals surface area contributed by atoms with E-state index in [2.05, 4.69) is 0 Å². The van der Waals surface area contributed by atoms with Gasteiger partial charge in [0, 0.05) is 11.6 Å². The normalized spacial score (nSPS) is 14.2. The molecule has 0 fully saturated rings. The van der Waals surface area contributed by atoms with Gasteiger partial charge < -0.3 is 14.2 Å². The minimum absolute atomic E-state index is 0.0585. The Hall–Kier alpha value is -3.52. The van der Waals surface area contributed by atoms with Crippen LogP contribution in [0.25, 0.3) is 6.08 Å². The predicted molar refractivity (Wildman–Crippen MR) is 92.6 cm³/mol.